The Hall–Kier alpha value is -1.66. The Morgan fingerprint density at radius 2 is 1.88 bits per heavy atom. The maximum atomic E-state index is 12.3. The first kappa shape index (κ1) is 17.2. The molecule has 2 N–H and O–H groups in total. The minimum atomic E-state index is -0.641. The fourth-order valence-electron chi connectivity index (χ4n) is 2.01. The number of benzene rings is 2. The van der Waals surface area contributed by atoms with Gasteiger partial charge in [0.2, 0.25) is 0 Å². The fourth-order valence-corrected chi connectivity index (χ4v) is 3.52. The molecular formula is C16H9Cl3N2O2S. The van der Waals surface area contributed by atoms with Crippen molar-refractivity contribution in [2.45, 2.75) is 4.90 Å². The van der Waals surface area contributed by atoms with E-state index < -0.39 is 11.8 Å². The number of hydrogen-bond acceptors (Lipinski definition) is 3. The van der Waals surface area contributed by atoms with Gasteiger partial charge in [0, 0.05) is 9.92 Å². The highest BCUT2D eigenvalue weighted by atomic mass is 35.5. The van der Waals surface area contributed by atoms with Gasteiger partial charge in [-0.05, 0) is 30.3 Å². The summed E-state index contributed by atoms with van der Waals surface area (Å²) in [6.07, 6.45) is 0. The second-order valence-electron chi connectivity index (χ2n) is 4.77. The van der Waals surface area contributed by atoms with E-state index in [0.29, 0.717) is 21.4 Å². The summed E-state index contributed by atoms with van der Waals surface area (Å²) in [5.74, 6) is -1.08. The number of fused-ring (bicyclic) bond motifs is 1. The van der Waals surface area contributed by atoms with Crippen LogP contribution in [0.4, 0.5) is 11.4 Å². The minimum Gasteiger partial charge on any atom is -0.320 e. The highest BCUT2D eigenvalue weighted by Gasteiger charge is 2.26. The first-order valence-electron chi connectivity index (χ1n) is 6.70. The van der Waals surface area contributed by atoms with E-state index in [-0.39, 0.29) is 9.94 Å². The van der Waals surface area contributed by atoms with Crippen LogP contribution < -0.4 is 10.6 Å². The molecule has 8 heteroatoms. The lowest BCUT2D eigenvalue weighted by Crippen LogP contribution is -2.22. The van der Waals surface area contributed by atoms with E-state index >= 15 is 0 Å². The van der Waals surface area contributed by atoms with Crippen molar-refractivity contribution in [3.8, 4) is 0 Å². The van der Waals surface area contributed by atoms with Crippen molar-refractivity contribution in [3.63, 3.8) is 0 Å². The molecule has 1 aliphatic heterocycles. The van der Waals surface area contributed by atoms with Crippen molar-refractivity contribution in [2.75, 3.05) is 10.6 Å². The Morgan fingerprint density at radius 3 is 2.67 bits per heavy atom. The molecule has 0 saturated heterocycles. The molecule has 2 amide bonds. The van der Waals surface area contributed by atoms with E-state index in [9.17, 15) is 9.59 Å². The smallest absolute Gasteiger partial charge is 0.268 e. The van der Waals surface area contributed by atoms with Crippen LogP contribution in [0.25, 0.3) is 0 Å². The zero-order valence-corrected chi connectivity index (χ0v) is 15.0. The average molecular weight is 400 g/mol. The number of anilines is 2. The molecule has 2 aromatic rings. The summed E-state index contributed by atoms with van der Waals surface area (Å²) in [5, 5.41) is 5.76. The lowest BCUT2D eigenvalue weighted by molar-refractivity contribution is -0.114. The van der Waals surface area contributed by atoms with Crippen molar-refractivity contribution >= 4 is 69.8 Å². The van der Waals surface area contributed by atoms with E-state index in [1.165, 1.54) is 6.07 Å². The Kier molecular flexibility index (Phi) is 5.06. The number of amides is 2. The highest BCUT2D eigenvalue weighted by Crippen LogP contribution is 2.40. The molecule has 24 heavy (non-hydrogen) atoms. The molecule has 0 saturated carbocycles. The number of hydrogen-bond donors (Lipinski definition) is 2. The van der Waals surface area contributed by atoms with Crippen molar-refractivity contribution in [1.82, 2.24) is 0 Å². The zero-order chi connectivity index (χ0) is 17.3. The van der Waals surface area contributed by atoms with Gasteiger partial charge in [-0.1, -0.05) is 58.7 Å². The molecule has 122 valence electrons. The predicted octanol–water partition coefficient (Wildman–Crippen LogP) is 5.13. The second-order valence-corrected chi connectivity index (χ2v) is 7.05. The lowest BCUT2D eigenvalue weighted by atomic mass is 10.3. The second kappa shape index (κ2) is 7.07. The van der Waals surface area contributed by atoms with Gasteiger partial charge in [0.05, 0.1) is 16.4 Å². The van der Waals surface area contributed by atoms with Crippen LogP contribution in [0.15, 0.2) is 57.3 Å². The van der Waals surface area contributed by atoms with Crippen LogP contribution in [0.5, 0.6) is 0 Å². The molecule has 3 rings (SSSR count). The fraction of sp³-hybridized carbons (Fsp3) is 0. The predicted molar refractivity (Wildman–Crippen MR) is 98.9 cm³/mol. The molecule has 0 unspecified atom stereocenters. The van der Waals surface area contributed by atoms with Gasteiger partial charge in [-0.15, -0.1) is 0 Å². The topological polar surface area (TPSA) is 58.2 Å². The van der Waals surface area contributed by atoms with Crippen molar-refractivity contribution in [1.29, 1.82) is 0 Å². The SMILES string of the molecule is O=C(Nc1cc(Cl)ccc1Cl)/C(Cl)=C1/Sc2ccccc2NC1=O. The van der Waals surface area contributed by atoms with Gasteiger partial charge in [-0.2, -0.15) is 0 Å². The minimum absolute atomic E-state index is 0.117. The van der Waals surface area contributed by atoms with Crippen molar-refractivity contribution in [2.24, 2.45) is 0 Å². The van der Waals surface area contributed by atoms with Gasteiger partial charge >= 0.3 is 0 Å². The highest BCUT2D eigenvalue weighted by molar-refractivity contribution is 8.04. The lowest BCUT2D eigenvalue weighted by Gasteiger charge is -2.19. The third-order valence-electron chi connectivity index (χ3n) is 3.13. The Labute approximate surface area is 157 Å². The molecular weight excluding hydrogens is 391 g/mol. The zero-order valence-electron chi connectivity index (χ0n) is 11.9. The van der Waals surface area contributed by atoms with Gasteiger partial charge in [-0.3, -0.25) is 9.59 Å². The summed E-state index contributed by atoms with van der Waals surface area (Å²) in [6, 6.07) is 11.9. The van der Waals surface area contributed by atoms with Crippen molar-refractivity contribution < 1.29 is 9.59 Å². The molecule has 0 bridgehead atoms. The molecule has 0 aliphatic carbocycles. The van der Waals surface area contributed by atoms with Gasteiger partial charge in [0.25, 0.3) is 11.8 Å². The van der Waals surface area contributed by atoms with Gasteiger partial charge in [-0.25, -0.2) is 0 Å². The van der Waals surface area contributed by atoms with Gasteiger partial charge < -0.3 is 10.6 Å². The largest absolute Gasteiger partial charge is 0.320 e. The van der Waals surface area contributed by atoms with Gasteiger partial charge in [0.1, 0.15) is 9.94 Å². The number of halogens is 3. The normalized spacial score (nSPS) is 15.4. The molecule has 0 fully saturated rings. The number of thioether (sulfide) groups is 1. The van der Waals surface area contributed by atoms with E-state index in [1.54, 1.807) is 18.2 Å². The maximum Gasteiger partial charge on any atom is 0.268 e. The summed E-state index contributed by atoms with van der Waals surface area (Å²) in [5.41, 5.74) is 0.994. The Bertz CT molecular complexity index is 883. The number of nitrogens with one attached hydrogen (secondary N) is 2. The number of carbonyl (C=O) groups excluding carboxylic acids is 2. The van der Waals surface area contributed by atoms with Crippen LogP contribution in [-0.2, 0) is 9.59 Å². The molecule has 1 heterocycles. The molecule has 2 aromatic carbocycles. The standard InChI is InChI=1S/C16H9Cl3N2O2S/c17-8-5-6-9(18)11(7-8)21-15(22)13(19)14-16(23)20-10-3-1-2-4-12(10)24-14/h1-7H,(H,20,23)(H,21,22)/b14-13-. The van der Waals surface area contributed by atoms with Crippen LogP contribution in [0, 0.1) is 0 Å². The van der Waals surface area contributed by atoms with Crippen LogP contribution >= 0.6 is 46.6 Å². The molecule has 4 nitrogen and oxygen atoms in total. The number of para-hydroxylation sites is 1. The first-order valence-corrected chi connectivity index (χ1v) is 8.65. The summed E-state index contributed by atoms with van der Waals surface area (Å²) >= 11 is 19.2. The average Bonchev–Trinajstić information content (AvgIpc) is 2.56. The molecule has 0 radical (unpaired) electrons. The maximum absolute atomic E-state index is 12.3. The van der Waals surface area contributed by atoms with Crippen molar-refractivity contribution in [3.05, 3.63) is 62.4 Å². The van der Waals surface area contributed by atoms with Gasteiger partial charge in [0.15, 0.2) is 0 Å². The third kappa shape index (κ3) is 3.54. The van der Waals surface area contributed by atoms with Crippen LogP contribution in [0.3, 0.4) is 0 Å². The van der Waals surface area contributed by atoms with Crippen LogP contribution in [0.1, 0.15) is 0 Å². The quantitative estimate of drug-likeness (QED) is 0.689. The van der Waals surface area contributed by atoms with E-state index in [2.05, 4.69) is 10.6 Å². The van der Waals surface area contributed by atoms with E-state index in [0.717, 1.165) is 16.7 Å². The number of rotatable bonds is 2. The summed E-state index contributed by atoms with van der Waals surface area (Å²) in [7, 11) is 0. The molecule has 1 aliphatic rings. The van der Waals surface area contributed by atoms with E-state index in [4.69, 9.17) is 34.8 Å². The summed E-state index contributed by atoms with van der Waals surface area (Å²) in [4.78, 5) is 25.4. The molecule has 0 spiro atoms. The first-order chi connectivity index (χ1) is 11.5. The summed E-state index contributed by atoms with van der Waals surface area (Å²) in [6.45, 7) is 0. The molecule has 0 atom stereocenters. The monoisotopic (exact) mass is 398 g/mol. The summed E-state index contributed by atoms with van der Waals surface area (Å²) < 4.78 is 0. The third-order valence-corrected chi connectivity index (χ3v) is 5.34. The number of carbonyl (C=O) groups is 2. The van der Waals surface area contributed by atoms with Crippen LogP contribution in [0.2, 0.25) is 10.0 Å². The Balaban J connectivity index is 1.88. The van der Waals surface area contributed by atoms with E-state index in [1.807, 2.05) is 18.2 Å². The Morgan fingerprint density at radius 1 is 1.12 bits per heavy atom. The molecule has 0 aromatic heterocycles. The van der Waals surface area contributed by atoms with Crippen LogP contribution in [-0.4, -0.2) is 11.8 Å².